The molecule has 0 spiro atoms. The summed E-state index contributed by atoms with van der Waals surface area (Å²) in [6.45, 7) is 1.09. The fourth-order valence-electron chi connectivity index (χ4n) is 2.68. The minimum Gasteiger partial charge on any atom is -0.494 e. The standard InChI is InChI=1S/C15H21N3O7S/c1-22-12-6-14-13(24-9-25-14)5-11(12)17-15(19)16-7-10-8-18(3-4-23-10)26(2,20)21/h5-6,10H,3-4,7-9H2,1-2H3,(H2,16,17,19)/t10-/m1/s1. The molecule has 0 radical (unpaired) electrons. The van der Waals surface area contributed by atoms with Gasteiger partial charge in [-0.05, 0) is 0 Å². The molecule has 0 saturated carbocycles. The first-order valence-electron chi connectivity index (χ1n) is 7.96. The summed E-state index contributed by atoms with van der Waals surface area (Å²) in [5.41, 5.74) is 0.427. The minimum absolute atomic E-state index is 0.115. The highest BCUT2D eigenvalue weighted by atomic mass is 32.2. The molecule has 144 valence electrons. The minimum atomic E-state index is -3.28. The molecule has 0 aliphatic carbocycles. The van der Waals surface area contributed by atoms with E-state index in [1.807, 2.05) is 0 Å². The lowest BCUT2D eigenvalue weighted by atomic mass is 10.2. The number of sulfonamides is 1. The van der Waals surface area contributed by atoms with Crippen LogP contribution < -0.4 is 24.8 Å². The molecule has 1 aromatic carbocycles. The predicted molar refractivity (Wildman–Crippen MR) is 92.3 cm³/mol. The molecule has 2 aliphatic heterocycles. The van der Waals surface area contributed by atoms with Gasteiger partial charge in [-0.25, -0.2) is 13.2 Å². The molecular weight excluding hydrogens is 366 g/mol. The fourth-order valence-corrected chi connectivity index (χ4v) is 3.52. The lowest BCUT2D eigenvalue weighted by Crippen LogP contribution is -2.49. The maximum absolute atomic E-state index is 12.2. The SMILES string of the molecule is COc1cc2c(cc1NC(=O)NC[C@@H]1CN(S(C)(=O)=O)CCO1)OCO2. The lowest BCUT2D eigenvalue weighted by Gasteiger charge is -2.31. The zero-order chi connectivity index (χ0) is 18.7. The lowest BCUT2D eigenvalue weighted by molar-refractivity contribution is 0.00167. The van der Waals surface area contributed by atoms with Crippen LogP contribution in [0.5, 0.6) is 17.2 Å². The van der Waals surface area contributed by atoms with Gasteiger partial charge >= 0.3 is 6.03 Å². The van der Waals surface area contributed by atoms with Crippen molar-refractivity contribution in [3.05, 3.63) is 12.1 Å². The summed E-state index contributed by atoms with van der Waals surface area (Å²) in [5.74, 6) is 1.49. The van der Waals surface area contributed by atoms with Crippen LogP contribution in [0.15, 0.2) is 12.1 Å². The van der Waals surface area contributed by atoms with Crippen molar-refractivity contribution in [1.82, 2.24) is 9.62 Å². The molecule has 1 fully saturated rings. The number of carbonyl (C=O) groups is 1. The number of rotatable bonds is 5. The quantitative estimate of drug-likeness (QED) is 0.742. The number of benzene rings is 1. The second-order valence-electron chi connectivity index (χ2n) is 5.85. The summed E-state index contributed by atoms with van der Waals surface area (Å²) in [4.78, 5) is 12.2. The van der Waals surface area contributed by atoms with Crippen molar-refractivity contribution < 1.29 is 32.2 Å². The summed E-state index contributed by atoms with van der Waals surface area (Å²) in [7, 11) is -1.80. The van der Waals surface area contributed by atoms with Crippen LogP contribution in [0.4, 0.5) is 10.5 Å². The molecular formula is C15H21N3O7S. The van der Waals surface area contributed by atoms with Crippen molar-refractivity contribution >= 4 is 21.7 Å². The van der Waals surface area contributed by atoms with Crippen molar-refractivity contribution in [2.45, 2.75) is 6.10 Å². The van der Waals surface area contributed by atoms with Crippen LogP contribution in [-0.2, 0) is 14.8 Å². The first-order valence-corrected chi connectivity index (χ1v) is 9.81. The number of carbonyl (C=O) groups excluding carboxylic acids is 1. The Morgan fingerprint density at radius 2 is 2.08 bits per heavy atom. The monoisotopic (exact) mass is 387 g/mol. The number of methoxy groups -OCH3 is 1. The van der Waals surface area contributed by atoms with Crippen LogP contribution >= 0.6 is 0 Å². The van der Waals surface area contributed by atoms with Gasteiger partial charge in [-0.15, -0.1) is 0 Å². The second kappa shape index (κ2) is 7.56. The number of hydrogen-bond acceptors (Lipinski definition) is 7. The number of hydrogen-bond donors (Lipinski definition) is 2. The molecule has 26 heavy (non-hydrogen) atoms. The Morgan fingerprint density at radius 3 is 2.77 bits per heavy atom. The summed E-state index contributed by atoms with van der Waals surface area (Å²) in [6.07, 6.45) is 0.740. The molecule has 0 unspecified atom stereocenters. The van der Waals surface area contributed by atoms with E-state index in [2.05, 4.69) is 10.6 Å². The van der Waals surface area contributed by atoms with Crippen LogP contribution in [-0.4, -0.2) is 71.3 Å². The first kappa shape index (κ1) is 18.5. The molecule has 2 aliphatic rings. The van der Waals surface area contributed by atoms with Crippen LogP contribution in [0.3, 0.4) is 0 Å². The van der Waals surface area contributed by atoms with E-state index in [1.54, 1.807) is 12.1 Å². The number of morpholine rings is 1. The number of anilines is 1. The van der Waals surface area contributed by atoms with Crippen LogP contribution in [0.1, 0.15) is 0 Å². The second-order valence-corrected chi connectivity index (χ2v) is 7.84. The Kier molecular flexibility index (Phi) is 5.39. The average molecular weight is 387 g/mol. The number of nitrogens with one attached hydrogen (secondary N) is 2. The van der Waals surface area contributed by atoms with E-state index in [1.165, 1.54) is 11.4 Å². The molecule has 2 amide bonds. The number of fused-ring (bicyclic) bond motifs is 1. The summed E-state index contributed by atoms with van der Waals surface area (Å²) in [6, 6.07) is 2.78. The average Bonchev–Trinajstić information content (AvgIpc) is 3.06. The van der Waals surface area contributed by atoms with E-state index < -0.39 is 22.2 Å². The maximum atomic E-state index is 12.2. The predicted octanol–water partition coefficient (Wildman–Crippen LogP) is 0.206. The van der Waals surface area contributed by atoms with Gasteiger partial charge in [0.05, 0.1) is 31.8 Å². The van der Waals surface area contributed by atoms with E-state index in [0.717, 1.165) is 6.26 Å². The number of ether oxygens (including phenoxy) is 4. The van der Waals surface area contributed by atoms with E-state index in [0.29, 0.717) is 29.5 Å². The molecule has 1 aromatic rings. The van der Waals surface area contributed by atoms with Crippen molar-refractivity contribution in [2.24, 2.45) is 0 Å². The van der Waals surface area contributed by atoms with Crippen molar-refractivity contribution in [1.29, 1.82) is 0 Å². The summed E-state index contributed by atoms with van der Waals surface area (Å²) in [5, 5.41) is 5.34. The topological polar surface area (TPSA) is 115 Å². The number of nitrogens with zero attached hydrogens (tertiary/aromatic N) is 1. The highest BCUT2D eigenvalue weighted by Gasteiger charge is 2.27. The van der Waals surface area contributed by atoms with Crippen LogP contribution in [0.25, 0.3) is 0 Å². The fraction of sp³-hybridized carbons (Fsp3) is 0.533. The van der Waals surface area contributed by atoms with Crippen molar-refractivity contribution in [3.8, 4) is 17.2 Å². The van der Waals surface area contributed by atoms with Gasteiger partial charge in [0.15, 0.2) is 11.5 Å². The zero-order valence-corrected chi connectivity index (χ0v) is 15.3. The van der Waals surface area contributed by atoms with Gasteiger partial charge in [-0.1, -0.05) is 0 Å². The first-order chi connectivity index (χ1) is 12.4. The molecule has 0 bridgehead atoms. The molecule has 0 aromatic heterocycles. The Hall–Kier alpha value is -2.24. The molecule has 10 nitrogen and oxygen atoms in total. The summed E-state index contributed by atoms with van der Waals surface area (Å²) < 4.78 is 45.8. The van der Waals surface area contributed by atoms with Crippen molar-refractivity contribution in [3.63, 3.8) is 0 Å². The van der Waals surface area contributed by atoms with Gasteiger partial charge in [0.1, 0.15) is 5.75 Å². The van der Waals surface area contributed by atoms with Crippen LogP contribution in [0, 0.1) is 0 Å². The van der Waals surface area contributed by atoms with Gasteiger partial charge in [-0.3, -0.25) is 0 Å². The van der Waals surface area contributed by atoms with E-state index >= 15 is 0 Å². The van der Waals surface area contributed by atoms with E-state index in [-0.39, 0.29) is 26.5 Å². The molecule has 11 heteroatoms. The number of urea groups is 1. The van der Waals surface area contributed by atoms with Gasteiger partial charge in [-0.2, -0.15) is 4.31 Å². The molecule has 1 saturated heterocycles. The third-order valence-corrected chi connectivity index (χ3v) is 5.27. The smallest absolute Gasteiger partial charge is 0.319 e. The van der Waals surface area contributed by atoms with Gasteiger partial charge in [0, 0.05) is 31.8 Å². The molecule has 1 atom stereocenters. The highest BCUT2D eigenvalue weighted by molar-refractivity contribution is 7.88. The number of amides is 2. The maximum Gasteiger partial charge on any atom is 0.319 e. The Labute approximate surface area is 151 Å². The van der Waals surface area contributed by atoms with Gasteiger partial charge < -0.3 is 29.6 Å². The Bertz CT molecular complexity index is 784. The van der Waals surface area contributed by atoms with Gasteiger partial charge in [0.25, 0.3) is 0 Å². The molecule has 2 N–H and O–H groups in total. The van der Waals surface area contributed by atoms with Crippen molar-refractivity contribution in [2.75, 3.05) is 51.7 Å². The highest BCUT2D eigenvalue weighted by Crippen LogP contribution is 2.40. The zero-order valence-electron chi connectivity index (χ0n) is 14.5. The van der Waals surface area contributed by atoms with Crippen LogP contribution in [0.2, 0.25) is 0 Å². The normalized spacial score (nSPS) is 19.8. The van der Waals surface area contributed by atoms with E-state index in [4.69, 9.17) is 18.9 Å². The Morgan fingerprint density at radius 1 is 1.35 bits per heavy atom. The third-order valence-electron chi connectivity index (χ3n) is 4.00. The van der Waals surface area contributed by atoms with Gasteiger partial charge in [0.2, 0.25) is 16.8 Å². The summed E-state index contributed by atoms with van der Waals surface area (Å²) >= 11 is 0. The Balaban J connectivity index is 1.56. The van der Waals surface area contributed by atoms with E-state index in [9.17, 15) is 13.2 Å². The molecule has 2 heterocycles. The largest absolute Gasteiger partial charge is 0.494 e. The third kappa shape index (κ3) is 4.29. The molecule has 3 rings (SSSR count).